The molecule has 3 aromatic rings. The lowest BCUT2D eigenvalue weighted by atomic mass is 10.1. The van der Waals surface area contributed by atoms with Crippen molar-refractivity contribution in [3.63, 3.8) is 0 Å². The molecule has 3 heterocycles. The number of pyridine rings is 1. The van der Waals surface area contributed by atoms with Crippen LogP contribution in [0, 0.1) is 13.8 Å². The van der Waals surface area contributed by atoms with Crippen molar-refractivity contribution >= 4 is 22.8 Å². The molecule has 25 heavy (non-hydrogen) atoms. The number of carbonyl (C=O) groups is 1. The quantitative estimate of drug-likeness (QED) is 0.776. The summed E-state index contributed by atoms with van der Waals surface area (Å²) in [6.45, 7) is 6.88. The van der Waals surface area contributed by atoms with E-state index in [1.54, 1.807) is 4.68 Å². The molecule has 0 aliphatic heterocycles. The van der Waals surface area contributed by atoms with E-state index in [-0.39, 0.29) is 12.5 Å². The molecule has 1 saturated carbocycles. The second-order valence-electron chi connectivity index (χ2n) is 6.65. The van der Waals surface area contributed by atoms with Crippen LogP contribution in [0.1, 0.15) is 42.6 Å². The molecule has 1 aliphatic carbocycles. The number of hydrogen-bond acceptors (Lipinski definition) is 4. The van der Waals surface area contributed by atoms with Crippen LogP contribution in [0.3, 0.4) is 0 Å². The van der Waals surface area contributed by atoms with Crippen LogP contribution in [0.5, 0.6) is 0 Å². The average molecular weight is 338 g/mol. The number of carbonyl (C=O) groups excluding carboxylic acids is 1. The highest BCUT2D eigenvalue weighted by Gasteiger charge is 2.27. The van der Waals surface area contributed by atoms with E-state index in [2.05, 4.69) is 26.6 Å². The molecule has 0 unspecified atom stereocenters. The molecule has 0 aromatic carbocycles. The highest BCUT2D eigenvalue weighted by molar-refractivity contribution is 5.91. The van der Waals surface area contributed by atoms with Crippen molar-refractivity contribution in [2.24, 2.45) is 0 Å². The van der Waals surface area contributed by atoms with Gasteiger partial charge in [-0.2, -0.15) is 10.2 Å². The zero-order chi connectivity index (χ0) is 17.6. The largest absolute Gasteiger partial charge is 0.308 e. The maximum Gasteiger partial charge on any atom is 0.247 e. The van der Waals surface area contributed by atoms with Crippen LogP contribution in [-0.4, -0.2) is 30.5 Å². The molecular formula is C18H22N6O. The van der Waals surface area contributed by atoms with E-state index >= 15 is 0 Å². The summed E-state index contributed by atoms with van der Waals surface area (Å²) in [4.78, 5) is 16.9. The number of aromatic nitrogens is 5. The van der Waals surface area contributed by atoms with Crippen LogP contribution in [0.25, 0.3) is 11.0 Å². The molecule has 0 saturated heterocycles. The maximum absolute atomic E-state index is 12.4. The summed E-state index contributed by atoms with van der Waals surface area (Å²) in [7, 11) is 0. The predicted octanol–water partition coefficient (Wildman–Crippen LogP) is 2.78. The van der Waals surface area contributed by atoms with Gasteiger partial charge in [-0.1, -0.05) is 0 Å². The Morgan fingerprint density at radius 3 is 2.76 bits per heavy atom. The summed E-state index contributed by atoms with van der Waals surface area (Å²) < 4.78 is 3.54. The van der Waals surface area contributed by atoms with Crippen molar-refractivity contribution in [3.05, 3.63) is 35.3 Å². The summed E-state index contributed by atoms with van der Waals surface area (Å²) >= 11 is 0. The number of fused-ring (bicyclic) bond motifs is 1. The molecule has 4 rings (SSSR count). The minimum atomic E-state index is -0.149. The third kappa shape index (κ3) is 2.90. The van der Waals surface area contributed by atoms with E-state index in [0.29, 0.717) is 11.7 Å². The normalized spacial score (nSPS) is 14.2. The second-order valence-corrected chi connectivity index (χ2v) is 6.65. The number of hydrogen-bond donors (Lipinski definition) is 1. The molecular weight excluding hydrogens is 316 g/mol. The van der Waals surface area contributed by atoms with Crippen LogP contribution in [0.2, 0.25) is 0 Å². The van der Waals surface area contributed by atoms with Gasteiger partial charge >= 0.3 is 0 Å². The average Bonchev–Trinajstić information content (AvgIpc) is 3.30. The Kier molecular flexibility index (Phi) is 3.78. The molecule has 0 bridgehead atoms. The third-order valence-electron chi connectivity index (χ3n) is 4.70. The lowest BCUT2D eigenvalue weighted by Crippen LogP contribution is -2.20. The maximum atomic E-state index is 12.4. The summed E-state index contributed by atoms with van der Waals surface area (Å²) in [5.74, 6) is 1.05. The summed E-state index contributed by atoms with van der Waals surface area (Å²) in [6, 6.07) is 3.95. The highest BCUT2D eigenvalue weighted by Crippen LogP contribution is 2.43. The minimum Gasteiger partial charge on any atom is -0.308 e. The lowest BCUT2D eigenvalue weighted by molar-refractivity contribution is -0.116. The SMILES string of the molecule is CCn1nc(NC(=O)Cn2nc(C)c3c(C4CC4)ccnc32)cc1C. The Labute approximate surface area is 146 Å². The molecule has 0 radical (unpaired) electrons. The molecule has 1 N–H and O–H groups in total. The molecule has 3 aromatic heterocycles. The third-order valence-corrected chi connectivity index (χ3v) is 4.70. The Morgan fingerprint density at radius 2 is 2.08 bits per heavy atom. The first-order valence-electron chi connectivity index (χ1n) is 8.73. The predicted molar refractivity (Wildman–Crippen MR) is 95.5 cm³/mol. The van der Waals surface area contributed by atoms with Crippen LogP contribution in [0.4, 0.5) is 5.82 Å². The second kappa shape index (κ2) is 5.98. The van der Waals surface area contributed by atoms with Crippen LogP contribution >= 0.6 is 0 Å². The fourth-order valence-corrected chi connectivity index (χ4v) is 3.36. The fourth-order valence-electron chi connectivity index (χ4n) is 3.36. The Bertz CT molecular complexity index is 950. The lowest BCUT2D eigenvalue weighted by Gasteiger charge is -2.04. The van der Waals surface area contributed by atoms with Gasteiger partial charge in [-0.3, -0.25) is 9.48 Å². The van der Waals surface area contributed by atoms with Crippen LogP contribution in [-0.2, 0) is 17.9 Å². The Hall–Kier alpha value is -2.70. The first-order valence-corrected chi connectivity index (χ1v) is 8.73. The molecule has 7 heteroatoms. The van der Waals surface area contributed by atoms with E-state index in [1.165, 1.54) is 18.4 Å². The van der Waals surface area contributed by atoms with Gasteiger partial charge in [0.1, 0.15) is 6.54 Å². The molecule has 1 aliphatic rings. The smallest absolute Gasteiger partial charge is 0.247 e. The van der Waals surface area contributed by atoms with Gasteiger partial charge in [0, 0.05) is 29.9 Å². The summed E-state index contributed by atoms with van der Waals surface area (Å²) in [6.07, 6.45) is 4.27. The van der Waals surface area contributed by atoms with Gasteiger partial charge < -0.3 is 5.32 Å². The zero-order valence-electron chi connectivity index (χ0n) is 14.8. The van der Waals surface area contributed by atoms with Gasteiger partial charge in [0.2, 0.25) is 5.91 Å². The first kappa shape index (κ1) is 15.8. The number of amides is 1. The van der Waals surface area contributed by atoms with Gasteiger partial charge in [0.25, 0.3) is 0 Å². The number of aryl methyl sites for hydroxylation is 3. The molecule has 130 valence electrons. The summed E-state index contributed by atoms with van der Waals surface area (Å²) in [5.41, 5.74) is 4.05. The van der Waals surface area contributed by atoms with Crippen molar-refractivity contribution in [2.75, 3.05) is 5.32 Å². The monoisotopic (exact) mass is 338 g/mol. The first-order chi connectivity index (χ1) is 12.1. The van der Waals surface area contributed by atoms with Gasteiger partial charge in [-0.15, -0.1) is 0 Å². The van der Waals surface area contributed by atoms with Crippen molar-refractivity contribution in [3.8, 4) is 0 Å². The zero-order valence-corrected chi connectivity index (χ0v) is 14.8. The van der Waals surface area contributed by atoms with Crippen molar-refractivity contribution in [1.82, 2.24) is 24.5 Å². The van der Waals surface area contributed by atoms with Crippen molar-refractivity contribution < 1.29 is 4.79 Å². The van der Waals surface area contributed by atoms with E-state index in [0.717, 1.165) is 29.0 Å². The molecule has 7 nitrogen and oxygen atoms in total. The number of nitrogens with one attached hydrogen (secondary N) is 1. The van der Waals surface area contributed by atoms with Crippen LogP contribution in [0.15, 0.2) is 18.3 Å². The van der Waals surface area contributed by atoms with E-state index < -0.39 is 0 Å². The molecule has 0 spiro atoms. The fraction of sp³-hybridized carbons (Fsp3) is 0.444. The molecule has 1 fully saturated rings. The number of rotatable bonds is 5. The van der Waals surface area contributed by atoms with Crippen molar-refractivity contribution in [2.45, 2.75) is 52.6 Å². The van der Waals surface area contributed by atoms with E-state index in [4.69, 9.17) is 0 Å². The minimum absolute atomic E-state index is 0.128. The standard InChI is InChI=1S/C18H22N6O/c1-4-23-11(2)9-15(22-23)20-16(25)10-24-18-17(12(3)21-24)14(7-8-19-18)13-5-6-13/h7-9,13H,4-6,10H2,1-3H3,(H,20,22,25). The van der Waals surface area contributed by atoms with E-state index in [1.807, 2.05) is 37.7 Å². The highest BCUT2D eigenvalue weighted by atomic mass is 16.2. The molecule has 0 atom stereocenters. The van der Waals surface area contributed by atoms with Gasteiger partial charge in [-0.05, 0) is 51.2 Å². The van der Waals surface area contributed by atoms with Gasteiger partial charge in [0.15, 0.2) is 11.5 Å². The number of anilines is 1. The number of nitrogens with zero attached hydrogens (tertiary/aromatic N) is 5. The van der Waals surface area contributed by atoms with Crippen molar-refractivity contribution in [1.29, 1.82) is 0 Å². The molecule has 1 amide bonds. The van der Waals surface area contributed by atoms with Gasteiger partial charge in [0.05, 0.1) is 5.69 Å². The van der Waals surface area contributed by atoms with Crippen LogP contribution < -0.4 is 5.32 Å². The van der Waals surface area contributed by atoms with E-state index in [9.17, 15) is 4.79 Å². The topological polar surface area (TPSA) is 77.6 Å². The summed E-state index contributed by atoms with van der Waals surface area (Å²) in [5, 5.41) is 12.9. The Balaban J connectivity index is 1.58. The Morgan fingerprint density at radius 1 is 1.28 bits per heavy atom. The van der Waals surface area contributed by atoms with Gasteiger partial charge in [-0.25, -0.2) is 9.67 Å².